The van der Waals surface area contributed by atoms with Gasteiger partial charge in [0.05, 0.1) is 59.8 Å². The summed E-state index contributed by atoms with van der Waals surface area (Å²) in [6.07, 6.45) is -22.9. The van der Waals surface area contributed by atoms with Crippen molar-refractivity contribution in [3.8, 4) is 17.2 Å². The monoisotopic (exact) mass is 1170 g/mol. The zero-order valence-electron chi connectivity index (χ0n) is 48.3. The molecule has 5 saturated heterocycles. The minimum Gasteiger partial charge on any atom is -0.507 e. The number of fused-ring (bicyclic) bond motifs is 2. The van der Waals surface area contributed by atoms with Crippen LogP contribution in [0, 0.1) is 11.8 Å². The zero-order chi connectivity index (χ0) is 60.0. The largest absolute Gasteiger partial charge is 0.507 e. The van der Waals surface area contributed by atoms with Crippen molar-refractivity contribution < 1.29 is 121 Å². The maximum atomic E-state index is 15.1. The van der Waals surface area contributed by atoms with Crippen LogP contribution >= 0.6 is 0 Å². The van der Waals surface area contributed by atoms with E-state index < -0.39 is 188 Å². The van der Waals surface area contributed by atoms with E-state index in [2.05, 4.69) is 0 Å². The number of benzene rings is 2. The van der Waals surface area contributed by atoms with Crippen molar-refractivity contribution in [1.82, 2.24) is 0 Å². The lowest BCUT2D eigenvalue weighted by atomic mass is 9.74. The quantitative estimate of drug-likeness (QED) is 0.105. The molecule has 0 bridgehead atoms. The molecule has 8 rings (SSSR count). The predicted molar refractivity (Wildman–Crippen MR) is 281 cm³/mol. The molecule has 0 aromatic heterocycles. The molecular formula is C57H82O25. The number of phenols is 2. The SMILES string of the molecule is COC(C(=O)C(O)C(C)C)C1Cc2cc3cc(OC4CC(OC(C)=O)C(OC5CC(O)C(OC)C(C)O5)C(C)O4)cc(O)c3c(O)c2C(=O)C1OC1CC(OC2CC(OC3CC(C)(O)C(OC(C)=O)C(C)O3)C(O)C(C)O2)C(O)C(C)O1. The molecular weight excluding hydrogens is 1080 g/mol. The molecule has 25 nitrogen and oxygen atoms in total. The van der Waals surface area contributed by atoms with Crippen LogP contribution < -0.4 is 4.74 Å². The molecule has 82 heavy (non-hydrogen) atoms. The molecule has 5 fully saturated rings. The number of esters is 2. The van der Waals surface area contributed by atoms with Gasteiger partial charge in [-0.3, -0.25) is 19.2 Å². The Labute approximate surface area is 475 Å². The number of hydrogen-bond acceptors (Lipinski definition) is 25. The number of methoxy groups -OCH3 is 2. The summed E-state index contributed by atoms with van der Waals surface area (Å²) in [5, 5.41) is 79.5. The first-order valence-corrected chi connectivity index (χ1v) is 28.1. The van der Waals surface area contributed by atoms with Gasteiger partial charge in [0.2, 0.25) is 6.29 Å². The van der Waals surface area contributed by atoms with Crippen molar-refractivity contribution in [3.05, 3.63) is 29.3 Å². The van der Waals surface area contributed by atoms with Gasteiger partial charge in [0.25, 0.3) is 0 Å². The summed E-state index contributed by atoms with van der Waals surface area (Å²) in [5.74, 6) is -5.46. The third-order valence-corrected chi connectivity index (χ3v) is 16.4. The Balaban J connectivity index is 1.01. The Hall–Kier alpha value is -4.26. The summed E-state index contributed by atoms with van der Waals surface area (Å²) in [4.78, 5) is 53.3. The fourth-order valence-corrected chi connectivity index (χ4v) is 12.4. The van der Waals surface area contributed by atoms with Crippen LogP contribution in [0.25, 0.3) is 10.8 Å². The molecule has 0 saturated carbocycles. The van der Waals surface area contributed by atoms with E-state index in [4.69, 9.17) is 66.3 Å². The number of ether oxygens (including phenoxy) is 14. The maximum Gasteiger partial charge on any atom is 0.303 e. The molecule has 0 radical (unpaired) electrons. The molecule has 24 unspecified atom stereocenters. The standard InChI is InChI=1S/C57H82O25/c1-22(2)46(62)51(67)54(70-12)33-15-31-13-30-14-32(78-40-20-38(76-28(8)58)53(26(6)74-40)81-39-17-35(61)52(69-11)25(5)73-39)16-34(60)44(30)49(65)45(31)50(66)55(33)82-42-19-36(47(63)24(4)72-42)79-41-18-37(48(64)23(3)71-41)80-43-21-57(10,68)56(27(7)75-43)77-29(9)59/h13-14,16,22-27,33,35-43,46-48,52-56,60-65,68H,15,17-21H2,1-12H3. The smallest absolute Gasteiger partial charge is 0.303 e. The topological polar surface area (TPSA) is 339 Å². The second-order valence-corrected chi connectivity index (χ2v) is 23.2. The van der Waals surface area contributed by atoms with Crippen LogP contribution in [0.2, 0.25) is 0 Å². The number of Topliss-reactive ketones (excluding diaryl/α,β-unsaturated/α-hetero) is 2. The molecule has 25 heteroatoms. The molecule has 24 atom stereocenters. The van der Waals surface area contributed by atoms with E-state index >= 15 is 4.79 Å². The van der Waals surface area contributed by atoms with Gasteiger partial charge in [0.15, 0.2) is 42.8 Å². The fraction of sp³-hybridized carbons (Fsp3) is 0.754. The highest BCUT2D eigenvalue weighted by atomic mass is 16.7. The van der Waals surface area contributed by atoms with Crippen LogP contribution in [0.3, 0.4) is 0 Å². The van der Waals surface area contributed by atoms with Gasteiger partial charge in [-0.1, -0.05) is 13.8 Å². The lowest BCUT2D eigenvalue weighted by molar-refractivity contribution is -0.334. The number of rotatable bonds is 18. The van der Waals surface area contributed by atoms with E-state index in [-0.39, 0.29) is 66.2 Å². The molecule has 1 aliphatic carbocycles. The van der Waals surface area contributed by atoms with Gasteiger partial charge < -0.3 is 102 Å². The van der Waals surface area contributed by atoms with E-state index in [1.165, 1.54) is 47.1 Å². The number of carbonyl (C=O) groups is 4. The van der Waals surface area contributed by atoms with E-state index in [1.54, 1.807) is 54.5 Å². The van der Waals surface area contributed by atoms with Crippen LogP contribution in [0.4, 0.5) is 0 Å². The highest BCUT2D eigenvalue weighted by Gasteiger charge is 2.52. The minimum absolute atomic E-state index is 0.0348. The first kappa shape index (κ1) is 63.8. The highest BCUT2D eigenvalue weighted by Crippen LogP contribution is 2.46. The van der Waals surface area contributed by atoms with Gasteiger partial charge in [0, 0.05) is 72.2 Å². The lowest BCUT2D eigenvalue weighted by Gasteiger charge is -2.46. The van der Waals surface area contributed by atoms with Crippen molar-refractivity contribution in [3.63, 3.8) is 0 Å². The molecule has 2 aromatic carbocycles. The zero-order valence-corrected chi connectivity index (χ0v) is 48.3. The summed E-state index contributed by atoms with van der Waals surface area (Å²) in [7, 11) is 2.73. The average molecular weight is 1170 g/mol. The Morgan fingerprint density at radius 1 is 0.683 bits per heavy atom. The Bertz CT molecular complexity index is 2560. The van der Waals surface area contributed by atoms with Crippen LogP contribution in [0.15, 0.2) is 18.2 Å². The minimum atomic E-state index is -1.60. The second-order valence-electron chi connectivity index (χ2n) is 23.2. The Kier molecular flexibility index (Phi) is 20.3. The molecule has 0 amide bonds. The summed E-state index contributed by atoms with van der Waals surface area (Å²) >= 11 is 0. The highest BCUT2D eigenvalue weighted by molar-refractivity contribution is 6.11. The Morgan fingerprint density at radius 2 is 1.23 bits per heavy atom. The van der Waals surface area contributed by atoms with Crippen LogP contribution in [0.1, 0.15) is 117 Å². The van der Waals surface area contributed by atoms with Crippen molar-refractivity contribution in [2.45, 2.75) is 249 Å². The average Bonchev–Trinajstić information content (AvgIpc) is 2.15. The molecule has 460 valence electrons. The summed E-state index contributed by atoms with van der Waals surface area (Å²) in [6.45, 7) is 15.5. The number of aliphatic hydroxyl groups is 5. The maximum absolute atomic E-state index is 15.1. The van der Waals surface area contributed by atoms with E-state index in [9.17, 15) is 50.1 Å². The number of ketones is 2. The molecule has 0 spiro atoms. The van der Waals surface area contributed by atoms with Crippen LogP contribution in [0.5, 0.6) is 17.2 Å². The van der Waals surface area contributed by atoms with E-state index in [0.29, 0.717) is 0 Å². The first-order valence-electron chi connectivity index (χ1n) is 28.1. The summed E-state index contributed by atoms with van der Waals surface area (Å²) in [5.41, 5.74) is -1.52. The van der Waals surface area contributed by atoms with Gasteiger partial charge >= 0.3 is 11.9 Å². The lowest BCUT2D eigenvalue weighted by Crippen LogP contribution is -2.59. The Morgan fingerprint density at radius 3 is 1.80 bits per heavy atom. The molecule has 5 aliphatic heterocycles. The third kappa shape index (κ3) is 13.9. The fourth-order valence-electron chi connectivity index (χ4n) is 12.4. The molecule has 7 N–H and O–H groups in total. The van der Waals surface area contributed by atoms with Gasteiger partial charge in [-0.15, -0.1) is 0 Å². The van der Waals surface area contributed by atoms with Gasteiger partial charge in [0.1, 0.15) is 71.7 Å². The number of aliphatic hydroxyl groups excluding tert-OH is 4. The van der Waals surface area contributed by atoms with Crippen LogP contribution in [-0.2, 0) is 82.4 Å². The first-order chi connectivity index (χ1) is 38.6. The van der Waals surface area contributed by atoms with Crippen molar-refractivity contribution in [2.24, 2.45) is 11.8 Å². The van der Waals surface area contributed by atoms with Gasteiger partial charge in [-0.25, -0.2) is 0 Å². The summed E-state index contributed by atoms with van der Waals surface area (Å²) < 4.78 is 84.2. The van der Waals surface area contributed by atoms with Gasteiger partial charge in [-0.2, -0.15) is 0 Å². The number of aromatic hydroxyl groups is 2. The molecule has 6 aliphatic rings. The number of carbonyl (C=O) groups excluding carboxylic acids is 4. The van der Waals surface area contributed by atoms with Crippen LogP contribution in [-0.4, -0.2) is 214 Å². The normalized spacial score (nSPS) is 39.7. The summed E-state index contributed by atoms with van der Waals surface area (Å²) in [6, 6.07) is 4.28. The predicted octanol–water partition coefficient (Wildman–Crippen LogP) is 2.51. The van der Waals surface area contributed by atoms with Crippen molar-refractivity contribution in [1.29, 1.82) is 0 Å². The molecule has 5 heterocycles. The number of hydrogen-bond donors (Lipinski definition) is 7. The van der Waals surface area contributed by atoms with Gasteiger partial charge in [-0.05, 0) is 77.0 Å². The second kappa shape index (κ2) is 26.2. The molecule has 2 aromatic rings. The third-order valence-electron chi connectivity index (χ3n) is 16.4. The van der Waals surface area contributed by atoms with E-state index in [0.717, 1.165) is 0 Å². The number of phenolic OH excluding ortho intramolecular Hbond substituents is 2. The van der Waals surface area contributed by atoms with Crippen molar-refractivity contribution >= 4 is 34.3 Å². The van der Waals surface area contributed by atoms with E-state index in [1.807, 2.05) is 0 Å². The van der Waals surface area contributed by atoms with Crippen molar-refractivity contribution in [2.75, 3.05) is 14.2 Å².